The van der Waals surface area contributed by atoms with Crippen LogP contribution in [0.5, 0.6) is 0 Å². The molecule has 55 heavy (non-hydrogen) atoms. The second kappa shape index (κ2) is 14.2. The van der Waals surface area contributed by atoms with E-state index in [1.165, 1.54) is 6.07 Å². The molecule has 5 aromatic rings. The van der Waals surface area contributed by atoms with Gasteiger partial charge in [-0.05, 0) is 79.4 Å². The van der Waals surface area contributed by atoms with Crippen molar-refractivity contribution < 1.29 is 23.6 Å². The Balaban J connectivity index is 0.814. The molecule has 280 valence electrons. The number of carbonyl (C=O) groups excluding carboxylic acids is 4. The van der Waals surface area contributed by atoms with E-state index in [1.807, 2.05) is 40.9 Å². The first-order valence-corrected chi connectivity index (χ1v) is 18.7. The Bertz CT molecular complexity index is 2340. The van der Waals surface area contributed by atoms with Crippen molar-refractivity contribution in [3.05, 3.63) is 102 Å². The Labute approximate surface area is 315 Å². The van der Waals surface area contributed by atoms with Gasteiger partial charge in [-0.3, -0.25) is 34.3 Å². The first-order valence-electron chi connectivity index (χ1n) is 18.7. The summed E-state index contributed by atoms with van der Waals surface area (Å²) in [7, 11) is 0. The molecule has 2 unspecified atom stereocenters. The van der Waals surface area contributed by atoms with Crippen LogP contribution in [-0.4, -0.2) is 105 Å². The van der Waals surface area contributed by atoms with Crippen LogP contribution in [0.1, 0.15) is 58.0 Å². The van der Waals surface area contributed by atoms with Crippen molar-refractivity contribution in [3.8, 4) is 11.4 Å². The van der Waals surface area contributed by atoms with E-state index in [1.54, 1.807) is 36.5 Å². The molecule has 0 bridgehead atoms. The maximum absolute atomic E-state index is 14.1. The molecule has 4 aliphatic heterocycles. The zero-order valence-corrected chi connectivity index (χ0v) is 30.0. The highest BCUT2D eigenvalue weighted by atomic mass is 19.1. The Morgan fingerprint density at radius 3 is 2.49 bits per heavy atom. The summed E-state index contributed by atoms with van der Waals surface area (Å²) in [5, 5.41) is 10.6. The number of amides is 4. The largest absolute Gasteiger partial charge is 0.384 e. The van der Waals surface area contributed by atoms with Gasteiger partial charge in [0.15, 0.2) is 5.65 Å². The SMILES string of the molecule is O=C1CCC(N2C(=O)c3ccc(NCCN4CCN(c5cccc(-c6cnc7ccc(N8CCCC8c8cccc(F)c8)nn67)n5)CC4)cc3C2=O)C(=O)N1. The number of pyridine rings is 1. The number of nitrogens with zero attached hydrogens (tertiary/aromatic N) is 8. The smallest absolute Gasteiger partial charge is 0.262 e. The summed E-state index contributed by atoms with van der Waals surface area (Å²) >= 11 is 0. The summed E-state index contributed by atoms with van der Waals surface area (Å²) in [4.78, 5) is 67.7. The first-order chi connectivity index (χ1) is 26.8. The van der Waals surface area contributed by atoms with Crippen molar-refractivity contribution in [2.45, 2.75) is 37.8 Å². The van der Waals surface area contributed by atoms with E-state index in [2.05, 4.69) is 30.3 Å². The third kappa shape index (κ3) is 6.54. The molecular formula is C40H39FN10O4. The number of imide groups is 2. The lowest BCUT2D eigenvalue weighted by Crippen LogP contribution is -2.54. The average molecular weight is 743 g/mol. The minimum absolute atomic E-state index is 0.0557. The predicted octanol–water partition coefficient (Wildman–Crippen LogP) is 3.91. The van der Waals surface area contributed by atoms with Crippen LogP contribution in [0.3, 0.4) is 0 Å². The van der Waals surface area contributed by atoms with Crippen LogP contribution in [-0.2, 0) is 9.59 Å². The predicted molar refractivity (Wildman–Crippen MR) is 202 cm³/mol. The van der Waals surface area contributed by atoms with E-state index in [0.29, 0.717) is 12.2 Å². The van der Waals surface area contributed by atoms with Gasteiger partial charge in [0.05, 0.1) is 29.1 Å². The van der Waals surface area contributed by atoms with E-state index in [-0.39, 0.29) is 35.8 Å². The second-order valence-electron chi connectivity index (χ2n) is 14.4. The highest BCUT2D eigenvalue weighted by molar-refractivity contribution is 6.23. The van der Waals surface area contributed by atoms with Gasteiger partial charge in [0.1, 0.15) is 29.2 Å². The van der Waals surface area contributed by atoms with Crippen molar-refractivity contribution in [1.29, 1.82) is 0 Å². The minimum atomic E-state index is -0.989. The molecule has 0 aliphatic carbocycles. The lowest BCUT2D eigenvalue weighted by Gasteiger charge is -2.35. The molecule has 4 aliphatic rings. The summed E-state index contributed by atoms with van der Waals surface area (Å²) < 4.78 is 15.9. The molecule has 2 aromatic carbocycles. The number of aromatic nitrogens is 4. The highest BCUT2D eigenvalue weighted by Crippen LogP contribution is 2.36. The van der Waals surface area contributed by atoms with Crippen molar-refractivity contribution in [2.24, 2.45) is 0 Å². The Morgan fingerprint density at radius 1 is 0.818 bits per heavy atom. The number of carbonyl (C=O) groups is 4. The quantitative estimate of drug-likeness (QED) is 0.212. The molecule has 3 fully saturated rings. The maximum atomic E-state index is 14.1. The van der Waals surface area contributed by atoms with Gasteiger partial charge >= 0.3 is 0 Å². The van der Waals surface area contributed by atoms with Gasteiger partial charge in [-0.1, -0.05) is 18.2 Å². The Kier molecular flexibility index (Phi) is 8.92. The number of piperazine rings is 1. The molecular weight excluding hydrogens is 704 g/mol. The van der Waals surface area contributed by atoms with Gasteiger partial charge in [0.25, 0.3) is 11.8 Å². The van der Waals surface area contributed by atoms with Gasteiger partial charge in [-0.15, -0.1) is 5.10 Å². The molecule has 15 heteroatoms. The molecule has 2 N–H and O–H groups in total. The number of hydrogen-bond donors (Lipinski definition) is 2. The van der Waals surface area contributed by atoms with Crippen LogP contribution >= 0.6 is 0 Å². The summed E-state index contributed by atoms with van der Waals surface area (Å²) in [6.45, 7) is 5.53. The number of benzene rings is 2. The van der Waals surface area contributed by atoms with Gasteiger partial charge < -0.3 is 15.1 Å². The van der Waals surface area contributed by atoms with Gasteiger partial charge in [-0.2, -0.15) is 0 Å². The van der Waals surface area contributed by atoms with Crippen LogP contribution in [0.2, 0.25) is 0 Å². The number of anilines is 3. The number of nitrogens with one attached hydrogen (secondary N) is 2. The topological polar surface area (TPSA) is 148 Å². The van der Waals surface area contributed by atoms with E-state index < -0.39 is 29.7 Å². The fourth-order valence-corrected chi connectivity index (χ4v) is 8.17. The highest BCUT2D eigenvalue weighted by Gasteiger charge is 2.44. The van der Waals surface area contributed by atoms with Gasteiger partial charge in [-0.25, -0.2) is 18.9 Å². The number of fused-ring (bicyclic) bond motifs is 2. The zero-order valence-electron chi connectivity index (χ0n) is 30.0. The molecule has 7 heterocycles. The summed E-state index contributed by atoms with van der Waals surface area (Å²) in [6.07, 6.45) is 3.94. The molecule has 9 rings (SSSR count). The Hall–Kier alpha value is -6.22. The summed E-state index contributed by atoms with van der Waals surface area (Å²) in [5.74, 6) is -0.594. The number of halogens is 1. The normalized spacial score (nSPS) is 20.4. The van der Waals surface area contributed by atoms with Crippen LogP contribution in [0.4, 0.5) is 21.7 Å². The lowest BCUT2D eigenvalue weighted by molar-refractivity contribution is -0.136. The summed E-state index contributed by atoms with van der Waals surface area (Å²) in [6, 6.07) is 20.9. The van der Waals surface area contributed by atoms with Crippen molar-refractivity contribution in [1.82, 2.24) is 34.7 Å². The number of imidazole rings is 1. The van der Waals surface area contributed by atoms with Crippen LogP contribution in [0.25, 0.3) is 17.0 Å². The van der Waals surface area contributed by atoms with Gasteiger partial charge in [0.2, 0.25) is 11.8 Å². The molecule has 3 aromatic heterocycles. The number of piperidine rings is 1. The molecule has 4 amide bonds. The fourth-order valence-electron chi connectivity index (χ4n) is 8.17. The molecule has 0 saturated carbocycles. The van der Waals surface area contributed by atoms with E-state index in [4.69, 9.17) is 10.1 Å². The number of rotatable bonds is 9. The van der Waals surface area contributed by atoms with Crippen LogP contribution < -0.4 is 20.4 Å². The van der Waals surface area contributed by atoms with E-state index in [0.717, 1.165) is 91.2 Å². The molecule has 2 atom stereocenters. The molecule has 14 nitrogen and oxygen atoms in total. The minimum Gasteiger partial charge on any atom is -0.384 e. The van der Waals surface area contributed by atoms with Crippen molar-refractivity contribution >= 4 is 46.6 Å². The van der Waals surface area contributed by atoms with Crippen molar-refractivity contribution in [3.63, 3.8) is 0 Å². The zero-order chi connectivity index (χ0) is 37.6. The third-order valence-electron chi connectivity index (χ3n) is 11.0. The lowest BCUT2D eigenvalue weighted by atomic mass is 10.0. The Morgan fingerprint density at radius 2 is 1.65 bits per heavy atom. The van der Waals surface area contributed by atoms with Gasteiger partial charge in [0, 0.05) is 57.9 Å². The molecule has 0 radical (unpaired) electrons. The van der Waals surface area contributed by atoms with E-state index >= 15 is 0 Å². The third-order valence-corrected chi connectivity index (χ3v) is 11.0. The first kappa shape index (κ1) is 34.5. The average Bonchev–Trinajstić information content (AvgIpc) is 3.92. The van der Waals surface area contributed by atoms with E-state index in [9.17, 15) is 23.6 Å². The molecule has 3 saturated heterocycles. The van der Waals surface area contributed by atoms with Crippen LogP contribution in [0.15, 0.2) is 79.0 Å². The maximum Gasteiger partial charge on any atom is 0.262 e. The summed E-state index contributed by atoms with van der Waals surface area (Å²) in [5.41, 5.74) is 4.48. The monoisotopic (exact) mass is 742 g/mol. The van der Waals surface area contributed by atoms with Crippen molar-refractivity contribution in [2.75, 3.05) is 60.9 Å². The molecule has 0 spiro atoms. The number of hydrogen-bond acceptors (Lipinski definition) is 11. The fraction of sp³-hybridized carbons (Fsp3) is 0.325. The second-order valence-corrected chi connectivity index (χ2v) is 14.4. The standard InChI is InChI=1S/C40H39FN10O4/c41-26-5-1-4-25(22-26)31-7-3-16-49(31)36-13-12-34-43-24-33(51(34)46-36)30-6-2-8-35(44-30)48-20-18-47(19-21-48)17-15-42-27-9-10-28-29(23-27)40(55)50(39(28)54)32-11-14-37(52)45-38(32)53/h1-2,4-6,8-10,12-13,22-24,31-32,42H,3,7,11,14-21H2,(H,45,52,53). The van der Waals surface area contributed by atoms with Crippen LogP contribution in [0, 0.1) is 5.82 Å².